The summed E-state index contributed by atoms with van der Waals surface area (Å²) in [6, 6.07) is 9.72. The van der Waals surface area contributed by atoms with Crippen molar-refractivity contribution in [1.29, 1.82) is 0 Å². The molecule has 2 aromatic rings. The van der Waals surface area contributed by atoms with Gasteiger partial charge in [0.1, 0.15) is 0 Å². The smallest absolute Gasteiger partial charge is 0.368 e. The Kier molecular flexibility index (Phi) is 5.81. The Morgan fingerprint density at radius 1 is 1.03 bits per heavy atom. The monoisotopic (exact) mass is 462 g/mol. The van der Waals surface area contributed by atoms with E-state index in [1.165, 1.54) is 6.07 Å². The van der Waals surface area contributed by atoms with Gasteiger partial charge in [-0.1, -0.05) is 24.3 Å². The summed E-state index contributed by atoms with van der Waals surface area (Å²) in [6.07, 6.45) is -1.74. The van der Waals surface area contributed by atoms with Crippen molar-refractivity contribution >= 4 is 34.1 Å². The highest BCUT2D eigenvalue weighted by atomic mass is 32.2. The quantitative estimate of drug-likeness (QED) is 0.753. The molecule has 2 fully saturated rings. The highest BCUT2D eigenvalue weighted by Crippen LogP contribution is 2.38. The fraction of sp³-hybridized carbons (Fsp3) is 0.435. The van der Waals surface area contributed by atoms with Crippen molar-refractivity contribution in [2.24, 2.45) is 0 Å². The van der Waals surface area contributed by atoms with Crippen LogP contribution in [-0.2, 0) is 11.0 Å². The van der Waals surface area contributed by atoms with Crippen LogP contribution in [0.3, 0.4) is 0 Å². The maximum atomic E-state index is 13.4. The van der Waals surface area contributed by atoms with Crippen LogP contribution in [0.5, 0.6) is 0 Å². The number of carbonyl (C=O) groups is 1. The van der Waals surface area contributed by atoms with Crippen LogP contribution in [-0.4, -0.2) is 66.4 Å². The average Bonchev–Trinajstić information content (AvgIpc) is 3.50. The number of thioether (sulfide) groups is 1. The number of nitrogens with one attached hydrogen (secondary N) is 1. The normalized spacial score (nSPS) is 24.6. The molecule has 5 nitrogen and oxygen atoms in total. The summed E-state index contributed by atoms with van der Waals surface area (Å²) in [5.41, 5.74) is 0.263. The lowest BCUT2D eigenvalue weighted by atomic mass is 10.0. The predicted molar refractivity (Wildman–Crippen MR) is 121 cm³/mol. The fourth-order valence-corrected chi connectivity index (χ4v) is 5.63. The zero-order chi connectivity index (χ0) is 22.3. The largest absolute Gasteiger partial charge is 0.417 e. The fourth-order valence-electron chi connectivity index (χ4n) is 4.94. The number of anilines is 1. The van der Waals surface area contributed by atoms with E-state index in [1.807, 2.05) is 11.6 Å². The minimum Gasteiger partial charge on any atom is -0.368 e. The van der Waals surface area contributed by atoms with Gasteiger partial charge in [-0.3, -0.25) is 9.69 Å². The molecule has 1 amide bonds. The summed E-state index contributed by atoms with van der Waals surface area (Å²) in [6.45, 7) is 3.92. The van der Waals surface area contributed by atoms with Crippen LogP contribution >= 0.6 is 11.8 Å². The number of hydrogen-bond acceptors (Lipinski definition) is 5. The first kappa shape index (κ1) is 21.6. The lowest BCUT2D eigenvalue weighted by molar-refractivity contribution is -0.136. The van der Waals surface area contributed by atoms with E-state index in [-0.39, 0.29) is 17.3 Å². The number of hydrogen-bond donors (Lipinski definition) is 1. The topological polar surface area (TPSA) is 38.8 Å². The van der Waals surface area contributed by atoms with Crippen LogP contribution in [0.4, 0.5) is 18.9 Å². The zero-order valence-corrected chi connectivity index (χ0v) is 18.3. The van der Waals surface area contributed by atoms with E-state index in [4.69, 9.17) is 0 Å². The number of piperazine rings is 1. The van der Waals surface area contributed by atoms with Crippen molar-refractivity contribution in [3.05, 3.63) is 53.6 Å². The SMILES string of the molecule is O=C([C@@H]1C[C@H](N2CCN(c3ccc(C(F)(F)F)c4ccccc34)CC2)CN1)N1C=CSC1. The van der Waals surface area contributed by atoms with Crippen molar-refractivity contribution in [2.45, 2.75) is 24.7 Å². The number of nitrogens with zero attached hydrogens (tertiary/aromatic N) is 3. The third-order valence-electron chi connectivity index (χ3n) is 6.62. The van der Waals surface area contributed by atoms with Crippen molar-refractivity contribution in [1.82, 2.24) is 15.1 Å². The van der Waals surface area contributed by atoms with Gasteiger partial charge in [0.05, 0.1) is 17.5 Å². The first-order chi connectivity index (χ1) is 15.4. The van der Waals surface area contributed by atoms with E-state index in [2.05, 4.69) is 15.1 Å². The van der Waals surface area contributed by atoms with Crippen LogP contribution in [0, 0.1) is 0 Å². The Balaban J connectivity index is 1.25. The van der Waals surface area contributed by atoms with Gasteiger partial charge in [0.25, 0.3) is 0 Å². The molecule has 2 atom stereocenters. The second kappa shape index (κ2) is 8.61. The summed E-state index contributed by atoms with van der Waals surface area (Å²) >= 11 is 1.62. The zero-order valence-electron chi connectivity index (χ0n) is 17.5. The highest BCUT2D eigenvalue weighted by molar-refractivity contribution is 8.02. The molecule has 9 heteroatoms. The summed E-state index contributed by atoms with van der Waals surface area (Å²) in [5.74, 6) is 0.810. The third kappa shape index (κ3) is 4.09. The van der Waals surface area contributed by atoms with E-state index in [1.54, 1.807) is 47.0 Å². The first-order valence-electron chi connectivity index (χ1n) is 10.8. The Morgan fingerprint density at radius 3 is 2.47 bits per heavy atom. The number of benzene rings is 2. The number of fused-ring (bicyclic) bond motifs is 1. The molecule has 0 saturated carbocycles. The number of amides is 1. The molecule has 2 saturated heterocycles. The van der Waals surface area contributed by atoms with Crippen LogP contribution in [0.25, 0.3) is 10.8 Å². The molecular weight excluding hydrogens is 437 g/mol. The van der Waals surface area contributed by atoms with Crippen LogP contribution in [0.2, 0.25) is 0 Å². The highest BCUT2D eigenvalue weighted by Gasteiger charge is 2.37. The van der Waals surface area contributed by atoms with Gasteiger partial charge in [-0.25, -0.2) is 0 Å². The lowest BCUT2D eigenvalue weighted by Crippen LogP contribution is -2.51. The number of carbonyl (C=O) groups excluding carboxylic acids is 1. The molecule has 1 N–H and O–H groups in total. The van der Waals surface area contributed by atoms with Crippen molar-refractivity contribution in [2.75, 3.05) is 43.5 Å². The lowest BCUT2D eigenvalue weighted by Gasteiger charge is -2.39. The molecular formula is C23H25F3N4OS. The molecule has 170 valence electrons. The van der Waals surface area contributed by atoms with Crippen molar-refractivity contribution in [3.63, 3.8) is 0 Å². The molecule has 0 aliphatic carbocycles. The van der Waals surface area contributed by atoms with E-state index < -0.39 is 11.7 Å². The van der Waals surface area contributed by atoms with Gasteiger partial charge < -0.3 is 15.1 Å². The molecule has 3 heterocycles. The number of rotatable bonds is 3. The van der Waals surface area contributed by atoms with Gasteiger partial charge >= 0.3 is 6.18 Å². The van der Waals surface area contributed by atoms with E-state index in [0.29, 0.717) is 17.3 Å². The van der Waals surface area contributed by atoms with Gasteiger partial charge in [0.2, 0.25) is 5.91 Å². The molecule has 0 radical (unpaired) electrons. The molecule has 5 rings (SSSR count). The molecule has 3 aliphatic rings. The van der Waals surface area contributed by atoms with E-state index in [9.17, 15) is 18.0 Å². The van der Waals surface area contributed by atoms with Gasteiger partial charge in [-0.15, -0.1) is 11.8 Å². The van der Waals surface area contributed by atoms with Crippen molar-refractivity contribution < 1.29 is 18.0 Å². The minimum atomic E-state index is -4.37. The van der Waals surface area contributed by atoms with E-state index >= 15 is 0 Å². The van der Waals surface area contributed by atoms with Gasteiger partial charge in [-0.2, -0.15) is 13.2 Å². The van der Waals surface area contributed by atoms with Crippen LogP contribution in [0.1, 0.15) is 12.0 Å². The average molecular weight is 463 g/mol. The Bertz CT molecular complexity index is 1040. The number of alkyl halides is 3. The summed E-state index contributed by atoms with van der Waals surface area (Å²) in [5, 5.41) is 6.20. The van der Waals surface area contributed by atoms with Gasteiger partial charge in [0.15, 0.2) is 0 Å². The molecule has 32 heavy (non-hydrogen) atoms. The van der Waals surface area contributed by atoms with Crippen LogP contribution in [0.15, 0.2) is 48.0 Å². The Morgan fingerprint density at radius 2 is 1.78 bits per heavy atom. The molecule has 0 bridgehead atoms. The molecule has 3 aliphatic heterocycles. The van der Waals surface area contributed by atoms with Crippen LogP contribution < -0.4 is 10.2 Å². The minimum absolute atomic E-state index is 0.128. The van der Waals surface area contributed by atoms with Gasteiger partial charge in [-0.05, 0) is 29.3 Å². The Labute approximate surface area is 189 Å². The molecule has 0 aromatic heterocycles. The standard InChI is InChI=1S/C23H25F3N4OS/c24-23(25,26)19-5-6-21(18-4-2-1-3-17(18)19)29-9-7-28(8-10-29)16-13-20(27-14-16)22(31)30-11-12-32-15-30/h1-6,11-12,16,20,27H,7-10,13-15H2/t16-,20-/m0/s1. The second-order valence-electron chi connectivity index (χ2n) is 8.44. The summed E-state index contributed by atoms with van der Waals surface area (Å²) < 4.78 is 40.3. The first-order valence-corrected chi connectivity index (χ1v) is 11.9. The maximum Gasteiger partial charge on any atom is 0.417 e. The van der Waals surface area contributed by atoms with Gasteiger partial charge in [0, 0.05) is 56.0 Å². The van der Waals surface area contributed by atoms with Crippen molar-refractivity contribution in [3.8, 4) is 0 Å². The maximum absolute atomic E-state index is 13.4. The molecule has 2 aromatic carbocycles. The summed E-state index contributed by atoms with van der Waals surface area (Å²) in [4.78, 5) is 19.0. The predicted octanol–water partition coefficient (Wildman–Crippen LogP) is 3.72. The third-order valence-corrected chi connectivity index (χ3v) is 7.36. The van der Waals surface area contributed by atoms with E-state index in [0.717, 1.165) is 44.8 Å². The second-order valence-corrected chi connectivity index (χ2v) is 9.30. The Hall–Kier alpha value is -2.23. The molecule has 0 spiro atoms. The molecule has 0 unspecified atom stereocenters. The number of halogens is 3. The summed E-state index contributed by atoms with van der Waals surface area (Å²) in [7, 11) is 0.